The van der Waals surface area contributed by atoms with Gasteiger partial charge in [-0.3, -0.25) is 9.59 Å². The van der Waals surface area contributed by atoms with Crippen LogP contribution in [0, 0.1) is 0 Å². The van der Waals surface area contributed by atoms with Crippen molar-refractivity contribution < 1.29 is 38.1 Å². The van der Waals surface area contributed by atoms with Gasteiger partial charge in [-0.2, -0.15) is 0 Å². The summed E-state index contributed by atoms with van der Waals surface area (Å²) in [6.07, 6.45) is -2.04. The minimum Gasteiger partial charge on any atom is -0.437 e. The second kappa shape index (κ2) is 6.67. The molecule has 1 aliphatic rings. The van der Waals surface area contributed by atoms with E-state index in [1.54, 1.807) is 0 Å². The molecule has 0 aromatic heterocycles. The minimum atomic E-state index is -1.02. The van der Waals surface area contributed by atoms with E-state index in [1.165, 1.54) is 36.4 Å². The highest BCUT2D eigenvalue weighted by Gasteiger charge is 2.35. The molecule has 0 heterocycles. The highest BCUT2D eigenvalue weighted by Crippen LogP contribution is 2.37. The van der Waals surface area contributed by atoms with Gasteiger partial charge in [-0.15, -0.1) is 0 Å². The third kappa shape index (κ3) is 2.77. The molecule has 0 spiro atoms. The van der Waals surface area contributed by atoms with E-state index < -0.39 is 23.9 Å². The Balaban J connectivity index is 2.14. The summed E-state index contributed by atoms with van der Waals surface area (Å²) in [5.41, 5.74) is -0.0918. The van der Waals surface area contributed by atoms with Gasteiger partial charge >= 0.3 is 12.3 Å². The molecule has 8 nitrogen and oxygen atoms in total. The molecular weight excluding hydrogens is 344 g/mol. The first-order valence-corrected chi connectivity index (χ1v) is 7.35. The highest BCUT2D eigenvalue weighted by molar-refractivity contribution is 6.30. The zero-order chi connectivity index (χ0) is 18.8. The van der Waals surface area contributed by atoms with Crippen LogP contribution in [0.5, 0.6) is 11.5 Å². The molecule has 132 valence electrons. The molecule has 8 heteroatoms. The number of fused-ring (bicyclic) bond motifs is 2. The summed E-state index contributed by atoms with van der Waals surface area (Å²) in [6.45, 7) is 0. The predicted molar refractivity (Wildman–Crippen MR) is 85.8 cm³/mol. The van der Waals surface area contributed by atoms with Gasteiger partial charge in [0.15, 0.2) is 11.6 Å². The molecule has 0 atom stereocenters. The van der Waals surface area contributed by atoms with E-state index >= 15 is 0 Å². The fraction of sp³-hybridized carbons (Fsp3) is 0.111. The Morgan fingerprint density at radius 2 is 1.08 bits per heavy atom. The van der Waals surface area contributed by atoms with Crippen LogP contribution >= 0.6 is 0 Å². The number of hydrogen-bond acceptors (Lipinski definition) is 8. The van der Waals surface area contributed by atoms with E-state index in [2.05, 4.69) is 9.47 Å². The number of rotatable bonds is 2. The summed E-state index contributed by atoms with van der Waals surface area (Å²) in [7, 11) is 2.24. The van der Waals surface area contributed by atoms with Crippen molar-refractivity contribution in [3.8, 4) is 11.5 Å². The number of methoxy groups -OCH3 is 2. The number of ketones is 2. The van der Waals surface area contributed by atoms with Crippen molar-refractivity contribution in [1.29, 1.82) is 0 Å². The Morgan fingerprint density at radius 1 is 0.692 bits per heavy atom. The van der Waals surface area contributed by atoms with Crippen LogP contribution in [0.2, 0.25) is 0 Å². The molecule has 0 unspecified atom stereocenters. The number of hydrogen-bond donors (Lipinski definition) is 0. The topological polar surface area (TPSA) is 105 Å². The lowest BCUT2D eigenvalue weighted by atomic mass is 9.83. The Labute approximate surface area is 147 Å². The van der Waals surface area contributed by atoms with E-state index in [-0.39, 0.29) is 33.8 Å². The average molecular weight is 356 g/mol. The van der Waals surface area contributed by atoms with E-state index in [9.17, 15) is 19.2 Å². The van der Waals surface area contributed by atoms with Crippen molar-refractivity contribution in [2.24, 2.45) is 0 Å². The molecular formula is C18H12O8. The van der Waals surface area contributed by atoms with Crippen LogP contribution in [-0.2, 0) is 9.47 Å². The first-order chi connectivity index (χ1) is 12.5. The second-order valence-electron chi connectivity index (χ2n) is 5.13. The number of carbonyl (C=O) groups is 4. The summed E-state index contributed by atoms with van der Waals surface area (Å²) in [5, 5.41) is 0. The highest BCUT2D eigenvalue weighted by atomic mass is 16.7. The Kier molecular flexibility index (Phi) is 4.40. The zero-order valence-electron chi connectivity index (χ0n) is 13.7. The van der Waals surface area contributed by atoms with Gasteiger partial charge in [0.25, 0.3) is 0 Å². The van der Waals surface area contributed by atoms with Crippen molar-refractivity contribution in [1.82, 2.24) is 0 Å². The van der Waals surface area contributed by atoms with Gasteiger partial charge in [0.05, 0.1) is 25.3 Å². The molecule has 0 amide bonds. The van der Waals surface area contributed by atoms with E-state index in [4.69, 9.17) is 9.47 Å². The molecule has 26 heavy (non-hydrogen) atoms. The quantitative estimate of drug-likeness (QED) is 0.510. The summed E-state index contributed by atoms with van der Waals surface area (Å²) >= 11 is 0. The standard InChI is InChI=1S/C18H12O8/c1-23-17(21)25-11-7-3-5-9-13(11)15(19)10-6-4-8-12(14(10)16(9)20)26-18(22)24-2/h3-8H,1-2H3. The van der Waals surface area contributed by atoms with Gasteiger partial charge in [-0.25, -0.2) is 9.59 Å². The lowest BCUT2D eigenvalue weighted by Gasteiger charge is -2.21. The molecule has 0 saturated carbocycles. The first-order valence-electron chi connectivity index (χ1n) is 7.35. The molecule has 0 N–H and O–H groups in total. The van der Waals surface area contributed by atoms with Gasteiger partial charge in [-0.1, -0.05) is 24.3 Å². The van der Waals surface area contributed by atoms with Crippen LogP contribution in [0.25, 0.3) is 0 Å². The van der Waals surface area contributed by atoms with Crippen LogP contribution < -0.4 is 9.47 Å². The lowest BCUT2D eigenvalue weighted by molar-refractivity contribution is 0.0962. The summed E-state index contributed by atoms with van der Waals surface area (Å²) in [5.74, 6) is -1.30. The van der Waals surface area contributed by atoms with Crippen molar-refractivity contribution in [3.05, 3.63) is 58.7 Å². The van der Waals surface area contributed by atoms with Crippen LogP contribution in [-0.4, -0.2) is 38.1 Å². The maximum atomic E-state index is 12.9. The predicted octanol–water partition coefficient (Wildman–Crippen LogP) is 2.75. The molecule has 0 saturated heterocycles. The Bertz CT molecular complexity index is 867. The second-order valence-corrected chi connectivity index (χ2v) is 5.13. The van der Waals surface area contributed by atoms with Crippen molar-refractivity contribution in [2.45, 2.75) is 0 Å². The molecule has 0 fully saturated rings. The maximum Gasteiger partial charge on any atom is 0.513 e. The molecule has 0 aliphatic heterocycles. The number of ether oxygens (including phenoxy) is 4. The van der Waals surface area contributed by atoms with E-state index in [0.29, 0.717) is 0 Å². The monoisotopic (exact) mass is 356 g/mol. The van der Waals surface area contributed by atoms with E-state index in [0.717, 1.165) is 14.2 Å². The molecule has 0 bridgehead atoms. The van der Waals surface area contributed by atoms with E-state index in [1.807, 2.05) is 0 Å². The van der Waals surface area contributed by atoms with Gasteiger partial charge < -0.3 is 18.9 Å². The normalized spacial score (nSPS) is 11.9. The molecule has 0 radical (unpaired) electrons. The Morgan fingerprint density at radius 3 is 1.42 bits per heavy atom. The number of benzene rings is 2. The smallest absolute Gasteiger partial charge is 0.437 e. The van der Waals surface area contributed by atoms with Gasteiger partial charge in [0, 0.05) is 11.1 Å². The largest absolute Gasteiger partial charge is 0.513 e. The third-order valence-corrected chi connectivity index (χ3v) is 3.72. The van der Waals surface area contributed by atoms with Gasteiger partial charge in [0.1, 0.15) is 11.5 Å². The summed E-state index contributed by atoms with van der Waals surface area (Å²) in [4.78, 5) is 48.6. The van der Waals surface area contributed by atoms with Gasteiger partial charge in [-0.05, 0) is 12.1 Å². The fourth-order valence-corrected chi connectivity index (χ4v) is 2.61. The van der Waals surface area contributed by atoms with Crippen LogP contribution in [0.3, 0.4) is 0 Å². The fourth-order valence-electron chi connectivity index (χ4n) is 2.61. The Hall–Kier alpha value is -3.68. The molecule has 2 aromatic rings. The minimum absolute atomic E-state index is 0.0184. The first kappa shape index (κ1) is 17.2. The van der Waals surface area contributed by atoms with Crippen molar-refractivity contribution in [3.63, 3.8) is 0 Å². The lowest BCUT2D eigenvalue weighted by Crippen LogP contribution is -2.24. The third-order valence-electron chi connectivity index (χ3n) is 3.72. The average Bonchev–Trinajstić information content (AvgIpc) is 2.65. The molecule has 3 rings (SSSR count). The van der Waals surface area contributed by atoms with Crippen LogP contribution in [0.15, 0.2) is 36.4 Å². The van der Waals surface area contributed by atoms with Crippen molar-refractivity contribution in [2.75, 3.05) is 14.2 Å². The van der Waals surface area contributed by atoms with Crippen LogP contribution in [0.4, 0.5) is 9.59 Å². The number of carbonyl (C=O) groups excluding carboxylic acids is 4. The molecule has 2 aromatic carbocycles. The van der Waals surface area contributed by atoms with Crippen LogP contribution in [0.1, 0.15) is 31.8 Å². The van der Waals surface area contributed by atoms with Gasteiger partial charge in [0.2, 0.25) is 0 Å². The summed E-state index contributed by atoms with van der Waals surface area (Å²) in [6, 6.07) is 8.49. The zero-order valence-corrected chi connectivity index (χ0v) is 13.7. The maximum absolute atomic E-state index is 12.9. The van der Waals surface area contributed by atoms with Crippen molar-refractivity contribution >= 4 is 23.9 Å². The SMILES string of the molecule is COC(=O)Oc1cccc2c1C(=O)c1cccc(OC(=O)OC)c1C2=O. The molecule has 1 aliphatic carbocycles. The summed E-state index contributed by atoms with van der Waals surface area (Å²) < 4.78 is 18.8.